The maximum atomic E-state index is 5.41. The van der Waals surface area contributed by atoms with Crippen LogP contribution < -0.4 is 11.1 Å². The van der Waals surface area contributed by atoms with Crippen LogP contribution in [0.3, 0.4) is 0 Å². The molecule has 1 aromatic carbocycles. The molecule has 0 saturated heterocycles. The van der Waals surface area contributed by atoms with E-state index in [1.807, 2.05) is 0 Å². The zero-order valence-corrected chi connectivity index (χ0v) is 11.5. The highest BCUT2D eigenvalue weighted by molar-refractivity contribution is 5.14. The molecule has 0 aromatic heterocycles. The fourth-order valence-electron chi connectivity index (χ4n) is 2.16. The molecule has 18 heavy (non-hydrogen) atoms. The summed E-state index contributed by atoms with van der Waals surface area (Å²) in [4.78, 5) is 0. The minimum atomic E-state index is 0.749. The summed E-state index contributed by atoms with van der Waals surface area (Å²) in [6.45, 7) is 2.83. The molecule has 0 aliphatic rings. The molecule has 102 valence electrons. The third-order valence-electron chi connectivity index (χ3n) is 3.23. The van der Waals surface area contributed by atoms with Gasteiger partial charge in [-0.25, -0.2) is 0 Å². The number of benzene rings is 1. The van der Waals surface area contributed by atoms with Crippen molar-refractivity contribution in [1.82, 2.24) is 5.32 Å². The van der Waals surface area contributed by atoms with Crippen LogP contribution in [0.15, 0.2) is 30.3 Å². The maximum absolute atomic E-state index is 5.41. The van der Waals surface area contributed by atoms with Crippen molar-refractivity contribution in [2.45, 2.75) is 44.9 Å². The molecule has 1 rings (SSSR count). The summed E-state index contributed by atoms with van der Waals surface area (Å²) in [6, 6.07) is 10.8. The summed E-state index contributed by atoms with van der Waals surface area (Å²) < 4.78 is 0. The van der Waals surface area contributed by atoms with Gasteiger partial charge in [0.1, 0.15) is 0 Å². The van der Waals surface area contributed by atoms with Crippen LogP contribution in [0.1, 0.15) is 44.1 Å². The second-order valence-electron chi connectivity index (χ2n) is 4.90. The predicted octanol–water partition coefficient (Wildman–Crippen LogP) is 3.12. The lowest BCUT2D eigenvalue weighted by Gasteiger charge is -2.04. The van der Waals surface area contributed by atoms with Crippen molar-refractivity contribution in [1.29, 1.82) is 0 Å². The third-order valence-corrected chi connectivity index (χ3v) is 3.23. The van der Waals surface area contributed by atoms with Gasteiger partial charge in [-0.1, -0.05) is 56.0 Å². The minimum Gasteiger partial charge on any atom is -0.329 e. The molecule has 0 heterocycles. The van der Waals surface area contributed by atoms with Gasteiger partial charge in [0.25, 0.3) is 0 Å². The van der Waals surface area contributed by atoms with E-state index in [-0.39, 0.29) is 0 Å². The summed E-state index contributed by atoms with van der Waals surface area (Å²) in [7, 11) is 0. The van der Waals surface area contributed by atoms with Crippen LogP contribution in [-0.2, 0) is 6.42 Å². The van der Waals surface area contributed by atoms with E-state index in [9.17, 15) is 0 Å². The minimum absolute atomic E-state index is 0.749. The van der Waals surface area contributed by atoms with Crippen molar-refractivity contribution in [3.63, 3.8) is 0 Å². The highest BCUT2D eigenvalue weighted by atomic mass is 14.9. The van der Waals surface area contributed by atoms with Crippen LogP contribution >= 0.6 is 0 Å². The number of rotatable bonds is 11. The Kier molecular flexibility index (Phi) is 9.49. The fraction of sp³-hybridized carbons (Fsp3) is 0.625. The first-order chi connectivity index (χ1) is 8.93. The van der Waals surface area contributed by atoms with Gasteiger partial charge >= 0.3 is 0 Å². The quantitative estimate of drug-likeness (QED) is 0.591. The van der Waals surface area contributed by atoms with Crippen LogP contribution in [0, 0.1) is 0 Å². The summed E-state index contributed by atoms with van der Waals surface area (Å²) in [5, 5.41) is 3.33. The lowest BCUT2D eigenvalue weighted by Crippen LogP contribution is -2.23. The molecule has 2 heteroatoms. The summed E-state index contributed by atoms with van der Waals surface area (Å²) in [5.41, 5.74) is 6.89. The molecule has 0 radical (unpaired) electrons. The van der Waals surface area contributed by atoms with E-state index in [0.29, 0.717) is 0 Å². The number of hydrogen-bond acceptors (Lipinski definition) is 2. The molecule has 0 spiro atoms. The maximum Gasteiger partial charge on any atom is 0.00745 e. The van der Waals surface area contributed by atoms with E-state index in [2.05, 4.69) is 35.6 Å². The van der Waals surface area contributed by atoms with E-state index in [4.69, 9.17) is 5.73 Å². The molecule has 0 unspecified atom stereocenters. The average molecular weight is 248 g/mol. The topological polar surface area (TPSA) is 38.0 Å². The molecule has 1 aromatic rings. The van der Waals surface area contributed by atoms with Gasteiger partial charge in [-0.2, -0.15) is 0 Å². The Morgan fingerprint density at radius 3 is 2.17 bits per heavy atom. The fourth-order valence-corrected chi connectivity index (χ4v) is 2.16. The average Bonchev–Trinajstić information content (AvgIpc) is 2.42. The highest BCUT2D eigenvalue weighted by Crippen LogP contribution is 2.09. The normalized spacial score (nSPS) is 10.7. The van der Waals surface area contributed by atoms with Gasteiger partial charge in [-0.15, -0.1) is 0 Å². The zero-order chi connectivity index (χ0) is 12.9. The van der Waals surface area contributed by atoms with Crippen molar-refractivity contribution in [3.8, 4) is 0 Å². The van der Waals surface area contributed by atoms with Crippen LogP contribution in [0.4, 0.5) is 0 Å². The van der Waals surface area contributed by atoms with E-state index < -0.39 is 0 Å². The second kappa shape index (κ2) is 11.2. The number of aryl methyl sites for hydroxylation is 1. The van der Waals surface area contributed by atoms with Crippen LogP contribution in [0.5, 0.6) is 0 Å². The van der Waals surface area contributed by atoms with Crippen molar-refractivity contribution >= 4 is 0 Å². The monoisotopic (exact) mass is 248 g/mol. The smallest absolute Gasteiger partial charge is 0.00745 e. The van der Waals surface area contributed by atoms with E-state index in [1.54, 1.807) is 0 Å². The Bertz CT molecular complexity index is 272. The molecular formula is C16H28N2. The number of hydrogen-bond donors (Lipinski definition) is 2. The van der Waals surface area contributed by atoms with Crippen LogP contribution in [0.2, 0.25) is 0 Å². The van der Waals surface area contributed by atoms with Crippen LogP contribution in [0.25, 0.3) is 0 Å². The second-order valence-corrected chi connectivity index (χ2v) is 4.90. The zero-order valence-electron chi connectivity index (χ0n) is 11.5. The third kappa shape index (κ3) is 8.26. The molecule has 0 aliphatic carbocycles. The molecule has 2 nitrogen and oxygen atoms in total. The van der Waals surface area contributed by atoms with Crippen molar-refractivity contribution in [2.75, 3.05) is 19.6 Å². The molecule has 0 amide bonds. The first kappa shape index (κ1) is 15.2. The van der Waals surface area contributed by atoms with Gasteiger partial charge in [0.05, 0.1) is 0 Å². The Balaban J connectivity index is 1.82. The van der Waals surface area contributed by atoms with Gasteiger partial charge in [0.15, 0.2) is 0 Å². The van der Waals surface area contributed by atoms with Gasteiger partial charge in [0, 0.05) is 13.1 Å². The van der Waals surface area contributed by atoms with E-state index in [1.165, 1.54) is 50.5 Å². The molecule has 0 atom stereocenters. The SMILES string of the molecule is NCCNCCCCCCCCc1ccccc1. The molecular weight excluding hydrogens is 220 g/mol. The Hall–Kier alpha value is -0.860. The van der Waals surface area contributed by atoms with E-state index >= 15 is 0 Å². The summed E-state index contributed by atoms with van der Waals surface area (Å²) in [5.74, 6) is 0. The lowest BCUT2D eigenvalue weighted by atomic mass is 10.1. The van der Waals surface area contributed by atoms with Crippen molar-refractivity contribution in [2.24, 2.45) is 5.73 Å². The Morgan fingerprint density at radius 2 is 1.44 bits per heavy atom. The largest absolute Gasteiger partial charge is 0.329 e. The van der Waals surface area contributed by atoms with Crippen LogP contribution in [-0.4, -0.2) is 19.6 Å². The number of nitrogens with two attached hydrogens (primary N) is 1. The Morgan fingerprint density at radius 1 is 0.778 bits per heavy atom. The first-order valence-corrected chi connectivity index (χ1v) is 7.38. The van der Waals surface area contributed by atoms with Gasteiger partial charge in [-0.3, -0.25) is 0 Å². The predicted molar refractivity (Wildman–Crippen MR) is 79.8 cm³/mol. The lowest BCUT2D eigenvalue weighted by molar-refractivity contribution is 0.567. The van der Waals surface area contributed by atoms with Gasteiger partial charge in [-0.05, 0) is 31.4 Å². The van der Waals surface area contributed by atoms with Crippen molar-refractivity contribution < 1.29 is 0 Å². The highest BCUT2D eigenvalue weighted by Gasteiger charge is 1.93. The first-order valence-electron chi connectivity index (χ1n) is 7.38. The van der Waals surface area contributed by atoms with Crippen molar-refractivity contribution in [3.05, 3.63) is 35.9 Å². The summed E-state index contributed by atoms with van der Waals surface area (Å²) >= 11 is 0. The molecule has 3 N–H and O–H groups in total. The Labute approximate surface area is 112 Å². The van der Waals surface area contributed by atoms with E-state index in [0.717, 1.165) is 19.6 Å². The molecule has 0 fully saturated rings. The molecule has 0 saturated carbocycles. The number of nitrogens with one attached hydrogen (secondary N) is 1. The van der Waals surface area contributed by atoms with Gasteiger partial charge < -0.3 is 11.1 Å². The number of unbranched alkanes of at least 4 members (excludes halogenated alkanes) is 5. The standard InChI is InChI=1S/C16H28N2/c17-13-15-18-14-9-4-2-1-3-6-10-16-11-7-5-8-12-16/h5,7-8,11-12,18H,1-4,6,9-10,13-15,17H2. The summed E-state index contributed by atoms with van der Waals surface area (Å²) in [6.07, 6.45) is 9.32. The molecule has 0 aliphatic heterocycles. The molecule has 0 bridgehead atoms. The van der Waals surface area contributed by atoms with Gasteiger partial charge in [0.2, 0.25) is 0 Å².